The molecule has 2 atom stereocenters. The van der Waals surface area contributed by atoms with E-state index in [0.29, 0.717) is 45.7 Å². The van der Waals surface area contributed by atoms with Crippen LogP contribution in [-0.2, 0) is 25.6 Å². The number of hydrogen-bond donors (Lipinski definition) is 1. The zero-order valence-corrected chi connectivity index (χ0v) is 14.5. The van der Waals surface area contributed by atoms with Crippen molar-refractivity contribution < 1.29 is 23.5 Å². The summed E-state index contributed by atoms with van der Waals surface area (Å²) in [5.41, 5.74) is 1.79. The molecule has 0 aliphatic carbocycles. The van der Waals surface area contributed by atoms with Gasteiger partial charge in [-0.15, -0.1) is 0 Å². The SMILES string of the molecule is O=C(NCc1cccc2occc12)[C@@H]1CC[C@H](C(=O)N2CCOCC2)O1. The van der Waals surface area contributed by atoms with E-state index in [4.69, 9.17) is 13.9 Å². The van der Waals surface area contributed by atoms with Gasteiger partial charge < -0.3 is 24.1 Å². The first-order valence-electron chi connectivity index (χ1n) is 8.97. The predicted octanol–water partition coefficient (Wildman–Crippen LogP) is 1.46. The van der Waals surface area contributed by atoms with Crippen LogP contribution in [0.5, 0.6) is 0 Å². The average Bonchev–Trinajstić information content (AvgIpc) is 3.36. The van der Waals surface area contributed by atoms with Gasteiger partial charge in [0.25, 0.3) is 5.91 Å². The fourth-order valence-electron chi connectivity index (χ4n) is 3.51. The molecular formula is C19H22N2O5. The second-order valence-electron chi connectivity index (χ2n) is 6.60. The number of nitrogens with zero attached hydrogens (tertiary/aromatic N) is 1. The summed E-state index contributed by atoms with van der Waals surface area (Å²) in [4.78, 5) is 26.7. The molecule has 0 radical (unpaired) electrons. The highest BCUT2D eigenvalue weighted by Gasteiger charge is 2.37. The Kier molecular flexibility index (Phi) is 4.90. The fourth-order valence-corrected chi connectivity index (χ4v) is 3.51. The van der Waals surface area contributed by atoms with E-state index in [2.05, 4.69) is 5.32 Å². The van der Waals surface area contributed by atoms with Crippen LogP contribution in [0.2, 0.25) is 0 Å². The Balaban J connectivity index is 1.31. The van der Waals surface area contributed by atoms with Crippen molar-refractivity contribution in [3.63, 3.8) is 0 Å². The molecule has 0 bridgehead atoms. The third kappa shape index (κ3) is 3.45. The highest BCUT2D eigenvalue weighted by atomic mass is 16.5. The van der Waals surface area contributed by atoms with Crippen LogP contribution in [0.4, 0.5) is 0 Å². The van der Waals surface area contributed by atoms with Crippen molar-refractivity contribution in [1.82, 2.24) is 10.2 Å². The zero-order chi connectivity index (χ0) is 17.9. The lowest BCUT2D eigenvalue weighted by atomic mass is 10.1. The molecule has 138 valence electrons. The molecule has 2 saturated heterocycles. The smallest absolute Gasteiger partial charge is 0.251 e. The second-order valence-corrected chi connectivity index (χ2v) is 6.60. The molecule has 3 heterocycles. The minimum Gasteiger partial charge on any atom is -0.464 e. The number of carbonyl (C=O) groups excluding carboxylic acids is 2. The molecular weight excluding hydrogens is 336 g/mol. The molecule has 1 aromatic heterocycles. The van der Waals surface area contributed by atoms with Crippen molar-refractivity contribution in [2.75, 3.05) is 26.3 Å². The van der Waals surface area contributed by atoms with E-state index in [-0.39, 0.29) is 11.8 Å². The summed E-state index contributed by atoms with van der Waals surface area (Å²) in [6.45, 7) is 2.69. The normalized spacial score (nSPS) is 23.3. The van der Waals surface area contributed by atoms with Gasteiger partial charge in [0.15, 0.2) is 0 Å². The van der Waals surface area contributed by atoms with E-state index in [9.17, 15) is 9.59 Å². The molecule has 4 rings (SSSR count). The number of benzene rings is 1. The van der Waals surface area contributed by atoms with Crippen LogP contribution < -0.4 is 5.32 Å². The third-order valence-corrected chi connectivity index (χ3v) is 4.95. The second kappa shape index (κ2) is 7.47. The Morgan fingerprint density at radius 1 is 1.12 bits per heavy atom. The lowest BCUT2D eigenvalue weighted by Gasteiger charge is -2.29. The maximum Gasteiger partial charge on any atom is 0.251 e. The highest BCUT2D eigenvalue weighted by molar-refractivity contribution is 5.86. The first kappa shape index (κ1) is 17.1. The number of hydrogen-bond acceptors (Lipinski definition) is 5. The van der Waals surface area contributed by atoms with Gasteiger partial charge in [-0.05, 0) is 30.5 Å². The predicted molar refractivity (Wildman–Crippen MR) is 93.4 cm³/mol. The molecule has 26 heavy (non-hydrogen) atoms. The molecule has 0 spiro atoms. The van der Waals surface area contributed by atoms with Crippen molar-refractivity contribution in [1.29, 1.82) is 0 Å². The number of morpholine rings is 1. The van der Waals surface area contributed by atoms with Gasteiger partial charge in [-0.2, -0.15) is 0 Å². The Labute approximate surface area is 151 Å². The molecule has 1 N–H and O–H groups in total. The maximum atomic E-state index is 12.5. The Morgan fingerprint density at radius 3 is 2.77 bits per heavy atom. The standard InChI is InChI=1S/C19H22N2O5/c22-18(20-12-13-2-1-3-15-14(13)6-9-25-15)16-4-5-17(26-16)19(23)21-7-10-24-11-8-21/h1-3,6,9,16-17H,4-5,7-8,10-12H2,(H,20,22)/t16-,17+/m0/s1. The van der Waals surface area contributed by atoms with E-state index < -0.39 is 12.2 Å². The topological polar surface area (TPSA) is 81.0 Å². The molecule has 2 fully saturated rings. The lowest BCUT2D eigenvalue weighted by molar-refractivity contribution is -0.149. The molecule has 1 aromatic carbocycles. The van der Waals surface area contributed by atoms with Crippen LogP contribution in [-0.4, -0.2) is 55.2 Å². The summed E-state index contributed by atoms with van der Waals surface area (Å²) in [6, 6.07) is 7.64. The Bertz CT molecular complexity index is 796. The molecule has 0 saturated carbocycles. The van der Waals surface area contributed by atoms with Gasteiger partial charge >= 0.3 is 0 Å². The molecule has 2 aromatic rings. The van der Waals surface area contributed by atoms with Crippen molar-refractivity contribution >= 4 is 22.8 Å². The van der Waals surface area contributed by atoms with Crippen molar-refractivity contribution in [2.45, 2.75) is 31.6 Å². The van der Waals surface area contributed by atoms with Crippen LogP contribution in [0.3, 0.4) is 0 Å². The van der Waals surface area contributed by atoms with Gasteiger partial charge in [0.05, 0.1) is 19.5 Å². The lowest BCUT2D eigenvalue weighted by Crippen LogP contribution is -2.46. The number of furan rings is 1. The van der Waals surface area contributed by atoms with Crippen LogP contribution in [0, 0.1) is 0 Å². The van der Waals surface area contributed by atoms with Gasteiger partial charge in [-0.1, -0.05) is 12.1 Å². The van der Waals surface area contributed by atoms with E-state index >= 15 is 0 Å². The number of carbonyl (C=O) groups is 2. The molecule has 0 unspecified atom stereocenters. The van der Waals surface area contributed by atoms with Gasteiger partial charge in [0, 0.05) is 25.0 Å². The van der Waals surface area contributed by atoms with Crippen molar-refractivity contribution in [2.24, 2.45) is 0 Å². The summed E-state index contributed by atoms with van der Waals surface area (Å²) in [7, 11) is 0. The molecule has 7 nitrogen and oxygen atoms in total. The van der Waals surface area contributed by atoms with Crippen LogP contribution in [0.15, 0.2) is 34.9 Å². The number of ether oxygens (including phenoxy) is 2. The molecule has 2 aliphatic rings. The van der Waals surface area contributed by atoms with E-state index in [1.807, 2.05) is 24.3 Å². The van der Waals surface area contributed by atoms with Crippen LogP contribution in [0.1, 0.15) is 18.4 Å². The first-order chi connectivity index (χ1) is 12.7. The van der Waals surface area contributed by atoms with Crippen LogP contribution in [0.25, 0.3) is 11.0 Å². The van der Waals surface area contributed by atoms with Gasteiger partial charge in [0.2, 0.25) is 5.91 Å². The Hall–Kier alpha value is -2.38. The fraction of sp³-hybridized carbons (Fsp3) is 0.474. The Morgan fingerprint density at radius 2 is 1.92 bits per heavy atom. The average molecular weight is 358 g/mol. The number of nitrogens with one attached hydrogen (secondary N) is 1. The minimum absolute atomic E-state index is 0.0354. The van der Waals surface area contributed by atoms with E-state index in [1.165, 1.54) is 0 Å². The largest absolute Gasteiger partial charge is 0.464 e. The number of rotatable bonds is 4. The van der Waals surface area contributed by atoms with E-state index in [1.54, 1.807) is 11.2 Å². The number of amides is 2. The zero-order valence-electron chi connectivity index (χ0n) is 14.5. The summed E-state index contributed by atoms with van der Waals surface area (Å²) in [6.07, 6.45) is 1.67. The quantitative estimate of drug-likeness (QED) is 0.895. The first-order valence-corrected chi connectivity index (χ1v) is 8.97. The molecule has 2 amide bonds. The van der Waals surface area contributed by atoms with Crippen LogP contribution >= 0.6 is 0 Å². The third-order valence-electron chi connectivity index (χ3n) is 4.95. The van der Waals surface area contributed by atoms with Crippen molar-refractivity contribution in [3.05, 3.63) is 36.1 Å². The summed E-state index contributed by atoms with van der Waals surface area (Å²) >= 11 is 0. The van der Waals surface area contributed by atoms with Gasteiger partial charge in [-0.3, -0.25) is 9.59 Å². The summed E-state index contributed by atoms with van der Waals surface area (Å²) in [5.74, 6) is -0.213. The summed E-state index contributed by atoms with van der Waals surface area (Å²) < 4.78 is 16.4. The monoisotopic (exact) mass is 358 g/mol. The van der Waals surface area contributed by atoms with Gasteiger partial charge in [0.1, 0.15) is 17.8 Å². The van der Waals surface area contributed by atoms with Gasteiger partial charge in [-0.25, -0.2) is 0 Å². The summed E-state index contributed by atoms with van der Waals surface area (Å²) in [5, 5.41) is 3.90. The number of fused-ring (bicyclic) bond motifs is 1. The molecule has 7 heteroatoms. The maximum absolute atomic E-state index is 12.5. The van der Waals surface area contributed by atoms with Crippen molar-refractivity contribution in [3.8, 4) is 0 Å². The molecule has 2 aliphatic heterocycles. The highest BCUT2D eigenvalue weighted by Crippen LogP contribution is 2.23. The minimum atomic E-state index is -0.575. The van der Waals surface area contributed by atoms with E-state index in [0.717, 1.165) is 16.5 Å².